The Labute approximate surface area is 162 Å². The van der Waals surface area contributed by atoms with E-state index in [0.717, 1.165) is 24.0 Å². The van der Waals surface area contributed by atoms with E-state index in [2.05, 4.69) is 66.7 Å². The zero-order valence-corrected chi connectivity index (χ0v) is 15.9. The first kappa shape index (κ1) is 17.9. The summed E-state index contributed by atoms with van der Waals surface area (Å²) in [6.45, 7) is 0. The fourth-order valence-electron chi connectivity index (χ4n) is 4.42. The van der Waals surface area contributed by atoms with Crippen LogP contribution in [0.15, 0.2) is 72.8 Å². The Morgan fingerprint density at radius 3 is 1.89 bits per heavy atom. The van der Waals surface area contributed by atoms with Crippen LogP contribution in [-0.4, -0.2) is 5.11 Å². The van der Waals surface area contributed by atoms with Crippen molar-refractivity contribution in [2.75, 3.05) is 0 Å². The maximum Gasteiger partial charge on any atom is 0.122 e. The molecule has 0 heterocycles. The van der Waals surface area contributed by atoms with Gasteiger partial charge in [-0.25, -0.2) is 0 Å². The lowest BCUT2D eigenvalue weighted by Gasteiger charge is -2.25. The molecule has 1 N–H and O–H groups in total. The maximum absolute atomic E-state index is 11.3. The van der Waals surface area contributed by atoms with Crippen molar-refractivity contribution in [3.63, 3.8) is 0 Å². The molecule has 1 aliphatic rings. The van der Waals surface area contributed by atoms with Crippen molar-refractivity contribution in [3.05, 3.63) is 101 Å². The summed E-state index contributed by atoms with van der Waals surface area (Å²) in [5.74, 6) is 1.05. The van der Waals surface area contributed by atoms with Gasteiger partial charge in [0.1, 0.15) is 5.75 Å². The average Bonchev–Trinajstić information content (AvgIpc) is 2.73. The van der Waals surface area contributed by atoms with E-state index in [-0.39, 0.29) is 0 Å². The summed E-state index contributed by atoms with van der Waals surface area (Å²) in [6.07, 6.45) is 7.96. The minimum Gasteiger partial charge on any atom is -0.507 e. The van der Waals surface area contributed by atoms with Gasteiger partial charge in [-0.15, -0.1) is 0 Å². The minimum absolute atomic E-state index is 0.513. The molecule has 1 saturated carbocycles. The minimum atomic E-state index is 0.513. The first-order valence-corrected chi connectivity index (χ1v) is 10.2. The van der Waals surface area contributed by atoms with Gasteiger partial charge < -0.3 is 5.11 Å². The zero-order valence-electron chi connectivity index (χ0n) is 15.9. The zero-order chi connectivity index (χ0) is 18.5. The van der Waals surface area contributed by atoms with Gasteiger partial charge in [-0.3, -0.25) is 0 Å². The Balaban J connectivity index is 1.72. The molecule has 0 radical (unpaired) electrons. The highest BCUT2D eigenvalue weighted by Crippen LogP contribution is 2.40. The van der Waals surface area contributed by atoms with Gasteiger partial charge in [-0.05, 0) is 47.4 Å². The van der Waals surface area contributed by atoms with Gasteiger partial charge in [0.25, 0.3) is 0 Å². The first-order valence-electron chi connectivity index (χ1n) is 10.2. The highest BCUT2D eigenvalue weighted by molar-refractivity contribution is 5.50. The van der Waals surface area contributed by atoms with E-state index in [1.165, 1.54) is 48.8 Å². The highest BCUT2D eigenvalue weighted by Gasteiger charge is 2.22. The Morgan fingerprint density at radius 1 is 0.667 bits per heavy atom. The van der Waals surface area contributed by atoms with Crippen LogP contribution in [0.1, 0.15) is 65.8 Å². The van der Waals surface area contributed by atoms with Gasteiger partial charge in [0.2, 0.25) is 0 Å². The van der Waals surface area contributed by atoms with Crippen LogP contribution in [-0.2, 0) is 12.8 Å². The van der Waals surface area contributed by atoms with Crippen molar-refractivity contribution < 1.29 is 5.11 Å². The quantitative estimate of drug-likeness (QED) is 0.544. The molecule has 0 aliphatic heterocycles. The van der Waals surface area contributed by atoms with Crippen LogP contribution in [0.5, 0.6) is 5.75 Å². The third-order valence-corrected chi connectivity index (χ3v) is 5.92. The molecule has 0 aromatic heterocycles. The van der Waals surface area contributed by atoms with Gasteiger partial charge in [-0.2, -0.15) is 0 Å². The fourth-order valence-corrected chi connectivity index (χ4v) is 4.42. The first-order chi connectivity index (χ1) is 13.3. The Morgan fingerprint density at radius 2 is 1.26 bits per heavy atom. The molecule has 27 heavy (non-hydrogen) atoms. The smallest absolute Gasteiger partial charge is 0.122 e. The Bertz CT molecular complexity index is 861. The van der Waals surface area contributed by atoms with E-state index >= 15 is 0 Å². The molecule has 0 bridgehead atoms. The molecule has 0 spiro atoms. The second-order valence-electron chi connectivity index (χ2n) is 7.80. The second-order valence-corrected chi connectivity index (χ2v) is 7.80. The molecule has 3 aromatic rings. The number of phenolic OH excluding ortho intramolecular Hbond substituents is 1. The lowest BCUT2D eigenvalue weighted by Crippen LogP contribution is -2.07. The van der Waals surface area contributed by atoms with Crippen molar-refractivity contribution >= 4 is 0 Å². The molecular weight excluding hydrogens is 328 g/mol. The van der Waals surface area contributed by atoms with E-state index in [1.807, 2.05) is 6.07 Å². The van der Waals surface area contributed by atoms with Crippen LogP contribution >= 0.6 is 0 Å². The largest absolute Gasteiger partial charge is 0.507 e. The summed E-state index contributed by atoms with van der Waals surface area (Å²) in [5, 5.41) is 11.3. The van der Waals surface area contributed by atoms with E-state index in [0.29, 0.717) is 11.7 Å². The lowest BCUT2D eigenvalue weighted by atomic mass is 9.81. The number of rotatable bonds is 5. The van der Waals surface area contributed by atoms with Crippen LogP contribution in [0.25, 0.3) is 0 Å². The normalized spacial score (nSPS) is 15.0. The lowest BCUT2D eigenvalue weighted by molar-refractivity contribution is 0.411. The Hall–Kier alpha value is -2.54. The van der Waals surface area contributed by atoms with Crippen molar-refractivity contribution in [3.8, 4) is 5.75 Å². The maximum atomic E-state index is 11.3. The van der Waals surface area contributed by atoms with Crippen LogP contribution in [0.3, 0.4) is 0 Å². The molecule has 1 nitrogen and oxygen atoms in total. The van der Waals surface area contributed by atoms with Crippen LogP contribution < -0.4 is 0 Å². The van der Waals surface area contributed by atoms with Crippen LogP contribution in [0.4, 0.5) is 0 Å². The summed E-state index contributed by atoms with van der Waals surface area (Å²) >= 11 is 0. The summed E-state index contributed by atoms with van der Waals surface area (Å²) in [7, 11) is 0. The molecule has 0 unspecified atom stereocenters. The monoisotopic (exact) mass is 356 g/mol. The standard InChI is InChI=1S/C26H28O/c27-26-24(22-14-8-3-9-15-22)17-16-23(18-20-10-4-1-5-11-20)25(26)19-21-12-6-2-7-13-21/h1-2,4-7,10-13,16-17,22,27H,3,8-9,14-15,18-19H2. The number of hydrogen-bond acceptors (Lipinski definition) is 1. The molecule has 138 valence electrons. The van der Waals surface area contributed by atoms with Gasteiger partial charge in [0.15, 0.2) is 0 Å². The van der Waals surface area contributed by atoms with E-state index < -0.39 is 0 Å². The third kappa shape index (κ3) is 4.24. The third-order valence-electron chi connectivity index (χ3n) is 5.92. The molecule has 4 rings (SSSR count). The SMILES string of the molecule is Oc1c(C2CCCCC2)ccc(Cc2ccccc2)c1Cc1ccccc1. The molecular formula is C26H28O. The fraction of sp³-hybridized carbons (Fsp3) is 0.308. The Kier molecular flexibility index (Phi) is 5.58. The molecule has 0 saturated heterocycles. The number of aromatic hydroxyl groups is 1. The van der Waals surface area contributed by atoms with Gasteiger partial charge in [0.05, 0.1) is 0 Å². The average molecular weight is 357 g/mol. The van der Waals surface area contributed by atoms with E-state index in [4.69, 9.17) is 0 Å². The summed E-state index contributed by atoms with van der Waals surface area (Å²) in [4.78, 5) is 0. The van der Waals surface area contributed by atoms with Crippen molar-refractivity contribution in [2.24, 2.45) is 0 Å². The second kappa shape index (κ2) is 8.43. The predicted molar refractivity (Wildman–Crippen MR) is 112 cm³/mol. The summed E-state index contributed by atoms with van der Waals surface area (Å²) < 4.78 is 0. The summed E-state index contributed by atoms with van der Waals surface area (Å²) in [5.41, 5.74) is 6.05. The topological polar surface area (TPSA) is 20.2 Å². The molecule has 3 aromatic carbocycles. The number of benzene rings is 3. The molecule has 1 heteroatoms. The van der Waals surface area contributed by atoms with Crippen LogP contribution in [0.2, 0.25) is 0 Å². The van der Waals surface area contributed by atoms with Gasteiger partial charge >= 0.3 is 0 Å². The van der Waals surface area contributed by atoms with Crippen molar-refractivity contribution in [2.45, 2.75) is 50.9 Å². The van der Waals surface area contributed by atoms with Crippen molar-refractivity contribution in [1.82, 2.24) is 0 Å². The molecule has 0 amide bonds. The van der Waals surface area contributed by atoms with Crippen LogP contribution in [0, 0.1) is 0 Å². The molecule has 1 fully saturated rings. The van der Waals surface area contributed by atoms with Gasteiger partial charge in [0, 0.05) is 12.0 Å². The van der Waals surface area contributed by atoms with Gasteiger partial charge in [-0.1, -0.05) is 92.1 Å². The highest BCUT2D eigenvalue weighted by atomic mass is 16.3. The predicted octanol–water partition coefficient (Wildman–Crippen LogP) is 6.62. The number of phenols is 1. The molecule has 0 atom stereocenters. The summed E-state index contributed by atoms with van der Waals surface area (Å²) in [6, 6.07) is 25.5. The van der Waals surface area contributed by atoms with E-state index in [1.54, 1.807) is 0 Å². The number of hydrogen-bond donors (Lipinski definition) is 1. The van der Waals surface area contributed by atoms with E-state index in [9.17, 15) is 5.11 Å². The van der Waals surface area contributed by atoms with Crippen molar-refractivity contribution in [1.29, 1.82) is 0 Å². The molecule has 1 aliphatic carbocycles.